The van der Waals surface area contributed by atoms with E-state index in [1.54, 1.807) is 12.1 Å². The highest BCUT2D eigenvalue weighted by Gasteiger charge is 2.30. The molecule has 0 aliphatic carbocycles. The van der Waals surface area contributed by atoms with Gasteiger partial charge in [0.1, 0.15) is 5.75 Å². The first-order chi connectivity index (χ1) is 8.40. The molecule has 0 heterocycles. The monoisotopic (exact) mass is 261 g/mol. The predicted octanol–water partition coefficient (Wildman–Crippen LogP) is 3.37. The number of hydrogen-bond donors (Lipinski definition) is 1. The minimum Gasteiger partial charge on any atom is -0.406 e. The first kappa shape index (κ1) is 14.8. The molecule has 0 aromatic heterocycles. The third-order valence-electron chi connectivity index (χ3n) is 2.48. The van der Waals surface area contributed by atoms with Crippen molar-refractivity contribution in [3.63, 3.8) is 0 Å². The van der Waals surface area contributed by atoms with Crippen LogP contribution in [0.15, 0.2) is 24.3 Å². The summed E-state index contributed by atoms with van der Waals surface area (Å²) in [7, 11) is 0. The van der Waals surface area contributed by atoms with Crippen molar-refractivity contribution in [2.75, 3.05) is 13.1 Å². The second-order valence-corrected chi connectivity index (χ2v) is 4.31. The van der Waals surface area contributed by atoms with E-state index in [0.29, 0.717) is 5.92 Å². The lowest BCUT2D eigenvalue weighted by Gasteiger charge is -2.13. The molecule has 1 aromatic carbocycles. The molecule has 0 radical (unpaired) electrons. The molecule has 1 N–H and O–H groups in total. The van der Waals surface area contributed by atoms with Crippen LogP contribution >= 0.6 is 0 Å². The van der Waals surface area contributed by atoms with Gasteiger partial charge in [0.15, 0.2) is 0 Å². The Hall–Kier alpha value is -1.23. The van der Waals surface area contributed by atoms with Gasteiger partial charge < -0.3 is 10.1 Å². The highest BCUT2D eigenvalue weighted by molar-refractivity contribution is 5.27. The van der Waals surface area contributed by atoms with Crippen LogP contribution in [0.4, 0.5) is 13.2 Å². The van der Waals surface area contributed by atoms with Crippen LogP contribution in [0.5, 0.6) is 5.75 Å². The van der Waals surface area contributed by atoms with Crippen LogP contribution in [0, 0.1) is 5.92 Å². The van der Waals surface area contributed by atoms with Crippen LogP contribution in [0.2, 0.25) is 0 Å². The zero-order valence-corrected chi connectivity index (χ0v) is 10.6. The molecule has 102 valence electrons. The van der Waals surface area contributed by atoms with E-state index in [1.165, 1.54) is 12.1 Å². The van der Waals surface area contributed by atoms with Gasteiger partial charge >= 0.3 is 6.36 Å². The Morgan fingerprint density at radius 3 is 2.33 bits per heavy atom. The summed E-state index contributed by atoms with van der Waals surface area (Å²) in [6, 6.07) is 6.04. The summed E-state index contributed by atoms with van der Waals surface area (Å²) < 4.78 is 39.7. The molecule has 0 aliphatic rings. The molecule has 1 atom stereocenters. The highest BCUT2D eigenvalue weighted by Crippen LogP contribution is 2.23. The Balaban J connectivity index is 2.50. The van der Waals surface area contributed by atoms with Crippen LogP contribution in [0.1, 0.15) is 19.4 Å². The summed E-state index contributed by atoms with van der Waals surface area (Å²) in [5, 5.41) is 3.24. The van der Waals surface area contributed by atoms with Gasteiger partial charge in [0.2, 0.25) is 0 Å². The third kappa shape index (κ3) is 5.91. The number of nitrogens with one attached hydrogen (secondary N) is 1. The van der Waals surface area contributed by atoms with E-state index in [9.17, 15) is 13.2 Å². The van der Waals surface area contributed by atoms with E-state index in [4.69, 9.17) is 0 Å². The normalized spacial score (nSPS) is 13.4. The third-order valence-corrected chi connectivity index (χ3v) is 2.48. The van der Waals surface area contributed by atoms with Gasteiger partial charge in [0, 0.05) is 0 Å². The topological polar surface area (TPSA) is 21.3 Å². The minimum absolute atomic E-state index is 0.175. The summed E-state index contributed by atoms with van der Waals surface area (Å²) in [4.78, 5) is 0. The zero-order chi connectivity index (χ0) is 13.6. The van der Waals surface area contributed by atoms with E-state index in [-0.39, 0.29) is 5.75 Å². The van der Waals surface area contributed by atoms with Gasteiger partial charge in [-0.05, 0) is 43.1 Å². The van der Waals surface area contributed by atoms with E-state index >= 15 is 0 Å². The van der Waals surface area contributed by atoms with Crippen molar-refractivity contribution in [3.8, 4) is 5.75 Å². The van der Waals surface area contributed by atoms with Crippen molar-refractivity contribution in [3.05, 3.63) is 29.8 Å². The average Bonchev–Trinajstić information content (AvgIpc) is 2.27. The van der Waals surface area contributed by atoms with Crippen LogP contribution in [0.3, 0.4) is 0 Å². The Morgan fingerprint density at radius 1 is 1.22 bits per heavy atom. The molecular formula is C13H18F3NO. The molecule has 0 amide bonds. The molecule has 0 spiro atoms. The van der Waals surface area contributed by atoms with Crippen molar-refractivity contribution in [2.24, 2.45) is 5.92 Å². The molecule has 5 heteroatoms. The number of ether oxygens (including phenoxy) is 1. The fraction of sp³-hybridized carbons (Fsp3) is 0.538. The van der Waals surface area contributed by atoms with E-state index in [2.05, 4.69) is 17.0 Å². The Morgan fingerprint density at radius 2 is 1.83 bits per heavy atom. The van der Waals surface area contributed by atoms with Crippen molar-refractivity contribution in [1.82, 2.24) is 5.32 Å². The molecule has 0 fully saturated rings. The van der Waals surface area contributed by atoms with Gasteiger partial charge in [0.05, 0.1) is 0 Å². The SMILES string of the molecule is CCNCC(C)Cc1ccc(OC(F)(F)F)cc1. The molecule has 0 bridgehead atoms. The van der Waals surface area contributed by atoms with Crippen molar-refractivity contribution in [2.45, 2.75) is 26.6 Å². The van der Waals surface area contributed by atoms with E-state index < -0.39 is 6.36 Å². The van der Waals surface area contributed by atoms with Crippen molar-refractivity contribution in [1.29, 1.82) is 0 Å². The first-order valence-corrected chi connectivity index (χ1v) is 5.96. The van der Waals surface area contributed by atoms with Gasteiger partial charge in [-0.2, -0.15) is 0 Å². The highest BCUT2D eigenvalue weighted by atomic mass is 19.4. The van der Waals surface area contributed by atoms with E-state index in [1.807, 2.05) is 6.92 Å². The molecule has 18 heavy (non-hydrogen) atoms. The molecule has 1 unspecified atom stereocenters. The standard InChI is InChI=1S/C13H18F3NO/c1-3-17-9-10(2)8-11-4-6-12(7-5-11)18-13(14,15)16/h4-7,10,17H,3,8-9H2,1-2H3. The summed E-state index contributed by atoms with van der Waals surface area (Å²) in [5.41, 5.74) is 1.01. The maximum atomic E-state index is 12.0. The first-order valence-electron chi connectivity index (χ1n) is 5.96. The van der Waals surface area contributed by atoms with E-state index in [0.717, 1.165) is 25.1 Å². The smallest absolute Gasteiger partial charge is 0.406 e. The number of hydrogen-bond acceptors (Lipinski definition) is 2. The molecule has 0 saturated heterocycles. The van der Waals surface area contributed by atoms with Gasteiger partial charge in [-0.1, -0.05) is 26.0 Å². The lowest BCUT2D eigenvalue weighted by molar-refractivity contribution is -0.274. The second kappa shape index (κ2) is 6.64. The number of halogens is 3. The average molecular weight is 261 g/mol. The van der Waals surface area contributed by atoms with Crippen LogP contribution < -0.4 is 10.1 Å². The number of alkyl halides is 3. The lowest BCUT2D eigenvalue weighted by Crippen LogP contribution is -2.21. The largest absolute Gasteiger partial charge is 0.573 e. The summed E-state index contributed by atoms with van der Waals surface area (Å²) >= 11 is 0. The Bertz CT molecular complexity index is 348. The quantitative estimate of drug-likeness (QED) is 0.847. The number of rotatable bonds is 6. The molecular weight excluding hydrogens is 243 g/mol. The minimum atomic E-state index is -4.63. The molecule has 0 saturated carbocycles. The Kier molecular flexibility index (Phi) is 5.47. The second-order valence-electron chi connectivity index (χ2n) is 4.31. The maximum absolute atomic E-state index is 12.0. The summed E-state index contributed by atoms with van der Waals surface area (Å²) in [5.74, 6) is 0.268. The summed E-state index contributed by atoms with van der Waals surface area (Å²) in [6.07, 6.45) is -3.79. The van der Waals surface area contributed by atoms with Gasteiger partial charge in [-0.25, -0.2) is 0 Å². The maximum Gasteiger partial charge on any atom is 0.573 e. The molecule has 1 aromatic rings. The fourth-order valence-electron chi connectivity index (χ4n) is 1.69. The van der Waals surface area contributed by atoms with Crippen molar-refractivity contribution >= 4 is 0 Å². The van der Waals surface area contributed by atoms with Crippen LogP contribution in [-0.4, -0.2) is 19.5 Å². The van der Waals surface area contributed by atoms with Gasteiger partial charge in [-0.3, -0.25) is 0 Å². The molecule has 2 nitrogen and oxygen atoms in total. The summed E-state index contributed by atoms with van der Waals surface area (Å²) in [6.45, 7) is 5.96. The molecule has 1 rings (SSSR count). The van der Waals surface area contributed by atoms with Crippen LogP contribution in [0.25, 0.3) is 0 Å². The van der Waals surface area contributed by atoms with Crippen molar-refractivity contribution < 1.29 is 17.9 Å². The van der Waals surface area contributed by atoms with Gasteiger partial charge in [-0.15, -0.1) is 13.2 Å². The van der Waals surface area contributed by atoms with Gasteiger partial charge in [0.25, 0.3) is 0 Å². The fourth-order valence-corrected chi connectivity index (χ4v) is 1.69. The lowest BCUT2D eigenvalue weighted by atomic mass is 10.0. The predicted molar refractivity (Wildman–Crippen MR) is 64.5 cm³/mol. The molecule has 0 aliphatic heterocycles. The Labute approximate surface area is 105 Å². The zero-order valence-electron chi connectivity index (χ0n) is 10.6. The van der Waals surface area contributed by atoms with Crippen LogP contribution in [-0.2, 0) is 6.42 Å². The number of benzene rings is 1.